The number of rotatable bonds is 6. The molecule has 1 N–H and O–H groups in total. The smallest absolute Gasteiger partial charge is 0.271 e. The predicted octanol–water partition coefficient (Wildman–Crippen LogP) is 2.95. The third kappa shape index (κ3) is 3.83. The number of benzene rings is 1. The van der Waals surface area contributed by atoms with Crippen LogP contribution in [0, 0.1) is 13.8 Å². The summed E-state index contributed by atoms with van der Waals surface area (Å²) in [5.41, 5.74) is 5.05. The van der Waals surface area contributed by atoms with Crippen LogP contribution in [0.4, 0.5) is 0 Å². The van der Waals surface area contributed by atoms with Gasteiger partial charge in [0, 0.05) is 24.7 Å². The van der Waals surface area contributed by atoms with Crippen molar-refractivity contribution in [2.45, 2.75) is 40.2 Å². The first-order valence-electron chi connectivity index (χ1n) is 7.88. The van der Waals surface area contributed by atoms with Gasteiger partial charge in [-0.15, -0.1) is 0 Å². The van der Waals surface area contributed by atoms with E-state index in [0.717, 1.165) is 36.2 Å². The molecule has 22 heavy (non-hydrogen) atoms. The third-order valence-corrected chi connectivity index (χ3v) is 3.83. The number of hydrogen-bond donors (Lipinski definition) is 1. The van der Waals surface area contributed by atoms with Gasteiger partial charge in [0.1, 0.15) is 0 Å². The maximum absolute atomic E-state index is 12.2. The molecule has 118 valence electrons. The molecule has 0 saturated carbocycles. The lowest BCUT2D eigenvalue weighted by Crippen LogP contribution is -2.28. The number of unbranched alkanes of at least 4 members (excludes halogenated alkanes) is 1. The van der Waals surface area contributed by atoms with Gasteiger partial charge in [-0.2, -0.15) is 5.10 Å². The van der Waals surface area contributed by atoms with E-state index < -0.39 is 0 Å². The topological polar surface area (TPSA) is 46.9 Å². The van der Waals surface area contributed by atoms with Crippen LogP contribution < -0.4 is 10.9 Å². The molecule has 0 aliphatic carbocycles. The third-order valence-electron chi connectivity index (χ3n) is 3.83. The minimum Gasteiger partial charge on any atom is -0.312 e. The van der Waals surface area contributed by atoms with E-state index >= 15 is 0 Å². The van der Waals surface area contributed by atoms with Gasteiger partial charge in [-0.25, -0.2) is 4.68 Å². The normalized spacial score (nSPS) is 10.9. The second-order valence-corrected chi connectivity index (χ2v) is 5.83. The average Bonchev–Trinajstić information content (AvgIpc) is 2.50. The lowest BCUT2D eigenvalue weighted by Gasteiger charge is -2.11. The summed E-state index contributed by atoms with van der Waals surface area (Å²) in [6.07, 6.45) is 2.27. The molecule has 0 aliphatic rings. The standard InChI is InChI=1S/C18H25N3O/c1-5-6-9-19-12-15-11-17(20-21(4)18(15)22)16-10-13(2)7-8-14(16)3/h7-8,10-11,19H,5-6,9,12H2,1-4H3. The van der Waals surface area contributed by atoms with Crippen molar-refractivity contribution in [3.05, 3.63) is 51.3 Å². The Labute approximate surface area is 132 Å². The molecule has 0 atom stereocenters. The molecule has 1 aromatic carbocycles. The molecule has 0 saturated heterocycles. The summed E-state index contributed by atoms with van der Waals surface area (Å²) >= 11 is 0. The average molecular weight is 299 g/mol. The molecule has 0 unspecified atom stereocenters. The van der Waals surface area contributed by atoms with Gasteiger partial charge in [-0.3, -0.25) is 4.79 Å². The molecular formula is C18H25N3O. The first-order valence-corrected chi connectivity index (χ1v) is 7.88. The molecule has 2 aromatic rings. The molecule has 0 radical (unpaired) electrons. The Morgan fingerprint density at radius 3 is 2.73 bits per heavy atom. The molecule has 4 heteroatoms. The van der Waals surface area contributed by atoms with Crippen LogP contribution in [0.3, 0.4) is 0 Å². The van der Waals surface area contributed by atoms with Crippen molar-refractivity contribution >= 4 is 0 Å². The maximum atomic E-state index is 12.2. The van der Waals surface area contributed by atoms with E-state index in [1.165, 1.54) is 15.8 Å². The fraction of sp³-hybridized carbons (Fsp3) is 0.444. The summed E-state index contributed by atoms with van der Waals surface area (Å²) in [7, 11) is 1.71. The first kappa shape index (κ1) is 16.4. The van der Waals surface area contributed by atoms with Crippen molar-refractivity contribution in [1.82, 2.24) is 15.1 Å². The van der Waals surface area contributed by atoms with Crippen molar-refractivity contribution in [1.29, 1.82) is 0 Å². The van der Waals surface area contributed by atoms with Gasteiger partial charge in [0.15, 0.2) is 0 Å². The Morgan fingerprint density at radius 2 is 2.00 bits per heavy atom. The number of hydrogen-bond acceptors (Lipinski definition) is 3. The van der Waals surface area contributed by atoms with Crippen LogP contribution in [-0.4, -0.2) is 16.3 Å². The zero-order valence-electron chi connectivity index (χ0n) is 13.9. The summed E-state index contributed by atoms with van der Waals surface area (Å²) < 4.78 is 1.44. The zero-order chi connectivity index (χ0) is 16.1. The zero-order valence-corrected chi connectivity index (χ0v) is 13.9. The summed E-state index contributed by atoms with van der Waals surface area (Å²) in [5.74, 6) is 0. The monoisotopic (exact) mass is 299 g/mol. The van der Waals surface area contributed by atoms with Gasteiger partial charge in [0.25, 0.3) is 5.56 Å². The summed E-state index contributed by atoms with van der Waals surface area (Å²) in [6, 6.07) is 8.23. The van der Waals surface area contributed by atoms with Crippen molar-refractivity contribution in [3.8, 4) is 11.3 Å². The van der Waals surface area contributed by atoms with Crippen LogP contribution >= 0.6 is 0 Å². The highest BCUT2D eigenvalue weighted by molar-refractivity contribution is 5.64. The van der Waals surface area contributed by atoms with Crippen molar-refractivity contribution in [2.24, 2.45) is 7.05 Å². The molecule has 0 amide bonds. The number of nitrogens with zero attached hydrogens (tertiary/aromatic N) is 2. The minimum absolute atomic E-state index is 0.0296. The van der Waals surface area contributed by atoms with Crippen molar-refractivity contribution < 1.29 is 0 Å². The SMILES string of the molecule is CCCCNCc1cc(-c2cc(C)ccc2C)nn(C)c1=O. The van der Waals surface area contributed by atoms with Gasteiger partial charge in [-0.05, 0) is 44.5 Å². The predicted molar refractivity (Wildman–Crippen MR) is 91.0 cm³/mol. The van der Waals surface area contributed by atoms with Crippen LogP contribution in [0.15, 0.2) is 29.1 Å². The fourth-order valence-electron chi connectivity index (χ4n) is 2.47. The Kier molecular flexibility index (Phi) is 5.50. The van der Waals surface area contributed by atoms with E-state index in [0.29, 0.717) is 6.54 Å². The van der Waals surface area contributed by atoms with E-state index in [9.17, 15) is 4.79 Å². The van der Waals surface area contributed by atoms with Gasteiger partial charge in [0.2, 0.25) is 0 Å². The number of aryl methyl sites for hydroxylation is 3. The number of aromatic nitrogens is 2. The highest BCUT2D eigenvalue weighted by atomic mass is 16.1. The fourth-order valence-corrected chi connectivity index (χ4v) is 2.47. The molecular weight excluding hydrogens is 274 g/mol. The Balaban J connectivity index is 2.35. The quantitative estimate of drug-likeness (QED) is 0.834. The minimum atomic E-state index is -0.0296. The Bertz CT molecular complexity index is 704. The van der Waals surface area contributed by atoms with Crippen LogP contribution in [0.2, 0.25) is 0 Å². The first-order chi connectivity index (χ1) is 10.5. The van der Waals surface area contributed by atoms with Crippen LogP contribution in [0.5, 0.6) is 0 Å². The molecule has 2 rings (SSSR count). The Morgan fingerprint density at radius 1 is 1.23 bits per heavy atom. The second kappa shape index (κ2) is 7.36. The molecule has 4 nitrogen and oxygen atoms in total. The van der Waals surface area contributed by atoms with E-state index in [1.54, 1.807) is 7.05 Å². The summed E-state index contributed by atoms with van der Waals surface area (Å²) in [5, 5.41) is 7.76. The van der Waals surface area contributed by atoms with E-state index in [4.69, 9.17) is 0 Å². The highest BCUT2D eigenvalue weighted by Gasteiger charge is 2.10. The lowest BCUT2D eigenvalue weighted by atomic mass is 10.0. The summed E-state index contributed by atoms with van der Waals surface area (Å²) in [4.78, 5) is 12.2. The summed E-state index contributed by atoms with van der Waals surface area (Å²) in [6.45, 7) is 7.82. The van der Waals surface area contributed by atoms with E-state index in [1.807, 2.05) is 6.07 Å². The van der Waals surface area contributed by atoms with Gasteiger partial charge < -0.3 is 5.32 Å². The van der Waals surface area contributed by atoms with Crippen LogP contribution in [0.25, 0.3) is 11.3 Å². The molecule has 0 spiro atoms. The van der Waals surface area contributed by atoms with Crippen LogP contribution in [0.1, 0.15) is 36.5 Å². The van der Waals surface area contributed by atoms with Gasteiger partial charge in [-0.1, -0.05) is 31.0 Å². The Hall–Kier alpha value is -1.94. The molecule has 0 fully saturated rings. The largest absolute Gasteiger partial charge is 0.312 e. The van der Waals surface area contributed by atoms with E-state index in [-0.39, 0.29) is 5.56 Å². The molecule has 1 heterocycles. The highest BCUT2D eigenvalue weighted by Crippen LogP contribution is 2.22. The second-order valence-electron chi connectivity index (χ2n) is 5.83. The number of nitrogens with one attached hydrogen (secondary N) is 1. The van der Waals surface area contributed by atoms with Crippen LogP contribution in [-0.2, 0) is 13.6 Å². The lowest BCUT2D eigenvalue weighted by molar-refractivity contribution is 0.623. The maximum Gasteiger partial charge on any atom is 0.271 e. The van der Waals surface area contributed by atoms with Crippen molar-refractivity contribution in [2.75, 3.05) is 6.54 Å². The molecule has 1 aromatic heterocycles. The van der Waals surface area contributed by atoms with Crippen molar-refractivity contribution in [3.63, 3.8) is 0 Å². The molecule has 0 bridgehead atoms. The molecule has 0 aliphatic heterocycles. The van der Waals surface area contributed by atoms with E-state index in [2.05, 4.69) is 49.4 Å². The van der Waals surface area contributed by atoms with Gasteiger partial charge in [0.05, 0.1) is 5.69 Å². The van der Waals surface area contributed by atoms with Gasteiger partial charge >= 0.3 is 0 Å².